The van der Waals surface area contributed by atoms with Crippen LogP contribution in [0.3, 0.4) is 0 Å². The average Bonchev–Trinajstić information content (AvgIpc) is 3.06. The molecule has 7 heteroatoms. The molecule has 0 aliphatic heterocycles. The third-order valence-electron chi connectivity index (χ3n) is 3.90. The minimum atomic E-state index is -3.80. The summed E-state index contributed by atoms with van der Waals surface area (Å²) in [4.78, 5) is 4.53. The van der Waals surface area contributed by atoms with Crippen LogP contribution < -0.4 is 4.72 Å². The molecule has 0 saturated heterocycles. The number of hydrogen-bond donors (Lipinski definition) is 1. The zero-order valence-corrected chi connectivity index (χ0v) is 14.3. The quantitative estimate of drug-likeness (QED) is 0.594. The largest absolute Gasteiger partial charge is 0.306 e. The van der Waals surface area contributed by atoms with E-state index in [1.165, 1.54) is 12.1 Å². The van der Waals surface area contributed by atoms with Crippen LogP contribution in [0.2, 0.25) is 0 Å². The van der Waals surface area contributed by atoms with Gasteiger partial charge in [0.1, 0.15) is 11.5 Å². The zero-order valence-electron chi connectivity index (χ0n) is 13.5. The molecule has 4 aromatic rings. The van der Waals surface area contributed by atoms with Crippen LogP contribution in [-0.4, -0.2) is 17.8 Å². The molecule has 2 aromatic heterocycles. The standard InChI is InChI=1S/C19H14FN3O2S/c20-15-7-9-17(10-8-15)26(24,25)22-16-5-3-4-14(12-16)18-13-23-11-2-1-6-19(23)21-18/h1-13,22H. The molecular weight excluding hydrogens is 353 g/mol. The Kier molecular flexibility index (Phi) is 3.93. The van der Waals surface area contributed by atoms with Crippen molar-refractivity contribution in [3.8, 4) is 11.3 Å². The summed E-state index contributed by atoms with van der Waals surface area (Å²) in [5.74, 6) is -0.488. The van der Waals surface area contributed by atoms with E-state index in [1.807, 2.05) is 41.1 Å². The highest BCUT2D eigenvalue weighted by Crippen LogP contribution is 2.24. The molecular formula is C19H14FN3O2S. The van der Waals surface area contributed by atoms with E-state index < -0.39 is 15.8 Å². The van der Waals surface area contributed by atoms with E-state index in [9.17, 15) is 12.8 Å². The summed E-state index contributed by atoms with van der Waals surface area (Å²) in [6, 6.07) is 17.4. The molecule has 5 nitrogen and oxygen atoms in total. The van der Waals surface area contributed by atoms with Crippen LogP contribution in [-0.2, 0) is 10.0 Å². The highest BCUT2D eigenvalue weighted by atomic mass is 32.2. The summed E-state index contributed by atoms with van der Waals surface area (Å²) >= 11 is 0. The molecule has 0 aliphatic carbocycles. The number of sulfonamides is 1. The number of anilines is 1. The molecule has 2 aromatic carbocycles. The highest BCUT2D eigenvalue weighted by molar-refractivity contribution is 7.92. The van der Waals surface area contributed by atoms with E-state index in [2.05, 4.69) is 9.71 Å². The molecule has 2 heterocycles. The van der Waals surface area contributed by atoms with E-state index in [1.54, 1.807) is 18.2 Å². The molecule has 0 radical (unpaired) electrons. The van der Waals surface area contributed by atoms with Crippen molar-refractivity contribution < 1.29 is 12.8 Å². The van der Waals surface area contributed by atoms with Crippen LogP contribution in [0, 0.1) is 5.82 Å². The Bertz CT molecular complexity index is 1150. The zero-order chi connectivity index (χ0) is 18.1. The lowest BCUT2D eigenvalue weighted by Gasteiger charge is -2.09. The van der Waals surface area contributed by atoms with Gasteiger partial charge in [-0.1, -0.05) is 18.2 Å². The first kappa shape index (κ1) is 16.3. The number of fused-ring (bicyclic) bond motifs is 1. The number of nitrogens with zero attached hydrogens (tertiary/aromatic N) is 2. The number of benzene rings is 2. The van der Waals surface area contributed by atoms with Gasteiger partial charge in [0.2, 0.25) is 0 Å². The van der Waals surface area contributed by atoms with Gasteiger partial charge in [0, 0.05) is 23.6 Å². The molecule has 1 N–H and O–H groups in total. The van der Waals surface area contributed by atoms with Crippen LogP contribution in [0.4, 0.5) is 10.1 Å². The topological polar surface area (TPSA) is 63.5 Å². The summed E-state index contributed by atoms with van der Waals surface area (Å²) in [6.45, 7) is 0. The molecule has 0 spiro atoms. The molecule has 0 bridgehead atoms. The molecule has 130 valence electrons. The van der Waals surface area contributed by atoms with E-state index in [0.717, 1.165) is 29.0 Å². The number of halogens is 1. The number of hydrogen-bond acceptors (Lipinski definition) is 3. The second-order valence-corrected chi connectivity index (χ2v) is 7.41. The first-order chi connectivity index (χ1) is 12.5. The molecule has 0 unspecified atom stereocenters. The van der Waals surface area contributed by atoms with Gasteiger partial charge in [-0.05, 0) is 48.5 Å². The summed E-state index contributed by atoms with van der Waals surface area (Å²) in [7, 11) is -3.80. The smallest absolute Gasteiger partial charge is 0.261 e. The Morgan fingerprint density at radius 1 is 0.962 bits per heavy atom. The monoisotopic (exact) mass is 367 g/mol. The summed E-state index contributed by atoms with van der Waals surface area (Å²) in [6.07, 6.45) is 3.77. The Morgan fingerprint density at radius 3 is 2.54 bits per heavy atom. The summed E-state index contributed by atoms with van der Waals surface area (Å²) in [5.41, 5.74) is 2.73. The third kappa shape index (κ3) is 3.16. The lowest BCUT2D eigenvalue weighted by molar-refractivity contribution is 0.599. The minimum Gasteiger partial charge on any atom is -0.306 e. The Labute approximate surface area is 149 Å². The number of aromatic nitrogens is 2. The van der Waals surface area contributed by atoms with Gasteiger partial charge in [0.15, 0.2) is 0 Å². The molecule has 0 atom stereocenters. The van der Waals surface area contributed by atoms with Crippen molar-refractivity contribution >= 4 is 21.4 Å². The molecule has 0 aliphatic rings. The molecule has 4 rings (SSSR count). The third-order valence-corrected chi connectivity index (χ3v) is 5.30. The van der Waals surface area contributed by atoms with E-state index in [4.69, 9.17) is 0 Å². The van der Waals surface area contributed by atoms with E-state index in [-0.39, 0.29) is 4.90 Å². The fourth-order valence-electron chi connectivity index (χ4n) is 2.64. The maximum Gasteiger partial charge on any atom is 0.261 e. The highest BCUT2D eigenvalue weighted by Gasteiger charge is 2.15. The second kappa shape index (κ2) is 6.27. The fourth-order valence-corrected chi connectivity index (χ4v) is 3.69. The average molecular weight is 367 g/mol. The van der Waals surface area contributed by atoms with Gasteiger partial charge >= 0.3 is 0 Å². The lowest BCUT2D eigenvalue weighted by Crippen LogP contribution is -2.12. The number of pyridine rings is 1. The van der Waals surface area contributed by atoms with Gasteiger partial charge in [0.05, 0.1) is 10.6 Å². The maximum absolute atomic E-state index is 13.0. The van der Waals surface area contributed by atoms with Crippen molar-refractivity contribution in [1.29, 1.82) is 0 Å². The van der Waals surface area contributed by atoms with Crippen LogP contribution in [0.15, 0.2) is 84.0 Å². The second-order valence-electron chi connectivity index (χ2n) is 5.73. The maximum atomic E-state index is 13.0. The van der Waals surface area contributed by atoms with Crippen molar-refractivity contribution in [3.63, 3.8) is 0 Å². The fraction of sp³-hybridized carbons (Fsp3) is 0. The molecule has 26 heavy (non-hydrogen) atoms. The minimum absolute atomic E-state index is 0.00275. The predicted octanol–water partition coefficient (Wildman–Crippen LogP) is 3.94. The first-order valence-electron chi connectivity index (χ1n) is 7.84. The summed E-state index contributed by atoms with van der Waals surface area (Å²) < 4.78 is 42.3. The SMILES string of the molecule is O=S(=O)(Nc1cccc(-c2cn3ccccc3n2)c1)c1ccc(F)cc1. The van der Waals surface area contributed by atoms with Gasteiger partial charge < -0.3 is 4.40 Å². The van der Waals surface area contributed by atoms with Crippen LogP contribution in [0.5, 0.6) is 0 Å². The normalized spacial score (nSPS) is 11.6. The van der Waals surface area contributed by atoms with Gasteiger partial charge in [-0.15, -0.1) is 0 Å². The molecule has 0 saturated carbocycles. The molecule has 0 amide bonds. The Balaban J connectivity index is 1.66. The van der Waals surface area contributed by atoms with Crippen LogP contribution in [0.1, 0.15) is 0 Å². The predicted molar refractivity (Wildman–Crippen MR) is 97.8 cm³/mol. The van der Waals surface area contributed by atoms with Crippen molar-refractivity contribution in [2.75, 3.05) is 4.72 Å². The number of imidazole rings is 1. The Morgan fingerprint density at radius 2 is 1.77 bits per heavy atom. The Hall–Kier alpha value is -3.19. The number of rotatable bonds is 4. The van der Waals surface area contributed by atoms with Gasteiger partial charge in [0.25, 0.3) is 10.0 Å². The van der Waals surface area contributed by atoms with Crippen molar-refractivity contribution in [2.45, 2.75) is 4.90 Å². The van der Waals surface area contributed by atoms with Crippen LogP contribution >= 0.6 is 0 Å². The number of nitrogens with one attached hydrogen (secondary N) is 1. The first-order valence-corrected chi connectivity index (χ1v) is 9.32. The van der Waals surface area contributed by atoms with E-state index in [0.29, 0.717) is 5.69 Å². The summed E-state index contributed by atoms with van der Waals surface area (Å²) in [5, 5.41) is 0. The van der Waals surface area contributed by atoms with Gasteiger partial charge in [-0.3, -0.25) is 4.72 Å². The van der Waals surface area contributed by atoms with Crippen molar-refractivity contribution in [2.24, 2.45) is 0 Å². The van der Waals surface area contributed by atoms with E-state index >= 15 is 0 Å². The lowest BCUT2D eigenvalue weighted by atomic mass is 10.1. The van der Waals surface area contributed by atoms with Crippen LogP contribution in [0.25, 0.3) is 16.9 Å². The van der Waals surface area contributed by atoms with Gasteiger partial charge in [-0.25, -0.2) is 17.8 Å². The van der Waals surface area contributed by atoms with Crippen molar-refractivity contribution in [1.82, 2.24) is 9.38 Å². The van der Waals surface area contributed by atoms with Crippen molar-refractivity contribution in [3.05, 3.63) is 84.9 Å². The molecule has 0 fully saturated rings. The van der Waals surface area contributed by atoms with Gasteiger partial charge in [-0.2, -0.15) is 0 Å².